The number of hydrogen-bond acceptors (Lipinski definition) is 6. The highest BCUT2D eigenvalue weighted by Gasteiger charge is 2.24. The molecule has 3 rings (SSSR count). The van der Waals surface area contributed by atoms with Gasteiger partial charge in [-0.2, -0.15) is 5.26 Å². The van der Waals surface area contributed by atoms with Gasteiger partial charge in [0.25, 0.3) is 5.56 Å². The first kappa shape index (κ1) is 29.1. The largest absolute Gasteiger partial charge is 0.456 e. The molecule has 1 unspecified atom stereocenters. The van der Waals surface area contributed by atoms with Gasteiger partial charge in [0, 0.05) is 48.6 Å². The molecule has 9 heteroatoms. The van der Waals surface area contributed by atoms with Gasteiger partial charge in [-0.15, -0.1) is 0 Å². The van der Waals surface area contributed by atoms with Gasteiger partial charge < -0.3 is 14.0 Å². The maximum atomic E-state index is 13.4. The number of methoxy groups -OCH3 is 1. The van der Waals surface area contributed by atoms with Crippen LogP contribution in [-0.4, -0.2) is 35.6 Å². The fourth-order valence-corrected chi connectivity index (χ4v) is 4.34. The number of carbonyl (C=O) groups is 2. The highest BCUT2D eigenvalue weighted by molar-refractivity contribution is 6.33. The number of ether oxygens (including phenoxy) is 2. The lowest BCUT2D eigenvalue weighted by Gasteiger charge is -2.20. The molecule has 0 saturated heterocycles. The number of ketones is 1. The van der Waals surface area contributed by atoms with Crippen molar-refractivity contribution in [3.8, 4) is 17.2 Å². The zero-order valence-electron chi connectivity index (χ0n) is 21.6. The number of rotatable bonds is 9. The minimum Gasteiger partial charge on any atom is -0.456 e. The van der Waals surface area contributed by atoms with Crippen molar-refractivity contribution in [2.45, 2.75) is 45.3 Å². The van der Waals surface area contributed by atoms with Crippen molar-refractivity contribution in [3.05, 3.63) is 91.8 Å². The van der Waals surface area contributed by atoms with Crippen LogP contribution in [0.1, 0.15) is 54.7 Å². The Morgan fingerprint density at radius 1 is 1.05 bits per heavy atom. The second-order valence-electron chi connectivity index (χ2n) is 9.72. The number of pyridine rings is 1. The van der Waals surface area contributed by atoms with E-state index >= 15 is 0 Å². The quantitative estimate of drug-likeness (QED) is 0.299. The van der Waals surface area contributed by atoms with E-state index in [1.165, 1.54) is 23.9 Å². The van der Waals surface area contributed by atoms with E-state index < -0.39 is 23.2 Å². The molecule has 198 valence electrons. The molecular weight excluding hydrogens is 527 g/mol. The predicted octanol–water partition coefficient (Wildman–Crippen LogP) is 6.04. The summed E-state index contributed by atoms with van der Waals surface area (Å²) in [5.41, 5.74) is 1.08. The maximum absolute atomic E-state index is 13.4. The first-order valence-corrected chi connectivity index (χ1v) is 12.6. The summed E-state index contributed by atoms with van der Waals surface area (Å²) in [6.45, 7) is 5.61. The third-order valence-corrected chi connectivity index (χ3v) is 6.23. The van der Waals surface area contributed by atoms with Crippen molar-refractivity contribution < 1.29 is 19.1 Å². The van der Waals surface area contributed by atoms with E-state index in [9.17, 15) is 19.6 Å². The van der Waals surface area contributed by atoms with Gasteiger partial charge in [0.15, 0.2) is 5.78 Å². The van der Waals surface area contributed by atoms with E-state index in [1.54, 1.807) is 63.2 Å². The number of benzene rings is 2. The van der Waals surface area contributed by atoms with Crippen LogP contribution in [0.3, 0.4) is 0 Å². The smallest absolute Gasteiger partial charge is 0.338 e. The highest BCUT2D eigenvalue weighted by atomic mass is 35.5. The van der Waals surface area contributed by atoms with Crippen molar-refractivity contribution >= 4 is 35.0 Å². The molecule has 38 heavy (non-hydrogen) atoms. The van der Waals surface area contributed by atoms with Crippen molar-refractivity contribution in [2.75, 3.05) is 13.7 Å². The normalized spacial score (nSPS) is 12.0. The Labute approximate surface area is 231 Å². The molecule has 1 heterocycles. The molecule has 2 aromatic carbocycles. The molecule has 1 atom stereocenters. The van der Waals surface area contributed by atoms with Crippen LogP contribution >= 0.6 is 23.2 Å². The Kier molecular flexibility index (Phi) is 9.50. The van der Waals surface area contributed by atoms with Gasteiger partial charge in [0.1, 0.15) is 5.60 Å². The van der Waals surface area contributed by atoms with Crippen LogP contribution < -0.4 is 5.56 Å². The number of carbonyl (C=O) groups excluding carboxylic acids is 2. The molecule has 0 spiro atoms. The van der Waals surface area contributed by atoms with E-state index in [2.05, 4.69) is 6.07 Å². The first-order chi connectivity index (χ1) is 17.9. The molecule has 0 radical (unpaired) electrons. The zero-order valence-corrected chi connectivity index (χ0v) is 23.1. The number of nitriles is 1. The van der Waals surface area contributed by atoms with Gasteiger partial charge in [-0.05, 0) is 63.1 Å². The molecule has 0 aliphatic rings. The van der Waals surface area contributed by atoms with Crippen LogP contribution in [-0.2, 0) is 20.7 Å². The Hall–Kier alpha value is -3.44. The first-order valence-electron chi connectivity index (χ1n) is 11.9. The summed E-state index contributed by atoms with van der Waals surface area (Å²) in [5.74, 6) is -0.674. The second-order valence-corrected chi connectivity index (χ2v) is 10.6. The van der Waals surface area contributed by atoms with E-state index in [-0.39, 0.29) is 30.3 Å². The lowest BCUT2D eigenvalue weighted by Crippen LogP contribution is -2.31. The summed E-state index contributed by atoms with van der Waals surface area (Å²) in [6.07, 6.45) is 1.69. The van der Waals surface area contributed by atoms with E-state index in [1.807, 2.05) is 0 Å². The molecule has 0 bridgehead atoms. The van der Waals surface area contributed by atoms with Gasteiger partial charge in [-0.25, -0.2) is 4.79 Å². The summed E-state index contributed by atoms with van der Waals surface area (Å²) in [5, 5.41) is 10.1. The fraction of sp³-hybridized carbons (Fsp3) is 0.310. The lowest BCUT2D eigenvalue weighted by atomic mass is 9.99. The van der Waals surface area contributed by atoms with Crippen LogP contribution in [0.5, 0.6) is 0 Å². The fourth-order valence-electron chi connectivity index (χ4n) is 3.91. The lowest BCUT2D eigenvalue weighted by molar-refractivity contribution is -0.122. The highest BCUT2D eigenvalue weighted by Crippen LogP contribution is 2.32. The van der Waals surface area contributed by atoms with Crippen LogP contribution in [0.4, 0.5) is 0 Å². The van der Waals surface area contributed by atoms with E-state index in [0.29, 0.717) is 32.8 Å². The molecular formula is C29H28Cl2N2O5. The summed E-state index contributed by atoms with van der Waals surface area (Å²) in [6, 6.07) is 13.8. The Balaban J connectivity index is 1.90. The van der Waals surface area contributed by atoms with Crippen molar-refractivity contribution in [2.24, 2.45) is 0 Å². The van der Waals surface area contributed by atoms with Gasteiger partial charge in [0.05, 0.1) is 28.3 Å². The standard InChI is InChI=1S/C29H28Cl2N2O5/c1-29(2,3)38-28(36)19-7-5-18(6-8-19)13-26(34)25(11-12-37-4)33-17-24(31)23(15-27(33)35)22-14-21(30)10-9-20(22)16-32/h5-10,14-15,17,25H,11-13H2,1-4H3. The van der Waals surface area contributed by atoms with Gasteiger partial charge in [0.2, 0.25) is 0 Å². The number of halogens is 2. The van der Waals surface area contributed by atoms with Gasteiger partial charge >= 0.3 is 5.97 Å². The topological polar surface area (TPSA) is 98.4 Å². The molecule has 0 fully saturated rings. The van der Waals surface area contributed by atoms with Crippen LogP contribution in [0, 0.1) is 11.3 Å². The molecule has 0 aliphatic heterocycles. The Morgan fingerprint density at radius 2 is 1.74 bits per heavy atom. The zero-order chi connectivity index (χ0) is 28.0. The average Bonchev–Trinajstić information content (AvgIpc) is 2.85. The number of Topliss-reactive ketones (excluding diaryl/α,β-unsaturated/α-hetero) is 1. The SMILES string of the molecule is COCCC(C(=O)Cc1ccc(C(=O)OC(C)(C)C)cc1)n1cc(Cl)c(-c2cc(Cl)ccc2C#N)cc1=O. The molecule has 0 aliphatic carbocycles. The van der Waals surface area contributed by atoms with Crippen molar-refractivity contribution in [1.82, 2.24) is 4.57 Å². The monoisotopic (exact) mass is 554 g/mol. The molecule has 0 N–H and O–H groups in total. The number of aromatic nitrogens is 1. The molecule has 1 aromatic heterocycles. The third-order valence-electron chi connectivity index (χ3n) is 5.69. The van der Waals surface area contributed by atoms with Crippen LogP contribution in [0.2, 0.25) is 10.0 Å². The molecule has 3 aromatic rings. The Bertz CT molecular complexity index is 1430. The Morgan fingerprint density at radius 3 is 2.34 bits per heavy atom. The molecule has 0 saturated carbocycles. The summed E-state index contributed by atoms with van der Waals surface area (Å²) < 4.78 is 11.8. The summed E-state index contributed by atoms with van der Waals surface area (Å²) in [4.78, 5) is 38.9. The van der Waals surface area contributed by atoms with Crippen LogP contribution in [0.25, 0.3) is 11.1 Å². The third kappa shape index (κ3) is 7.32. The van der Waals surface area contributed by atoms with Gasteiger partial charge in [-0.3, -0.25) is 9.59 Å². The minimum atomic E-state index is -0.839. The van der Waals surface area contributed by atoms with Gasteiger partial charge in [-0.1, -0.05) is 35.3 Å². The van der Waals surface area contributed by atoms with E-state index in [0.717, 1.165) is 0 Å². The minimum absolute atomic E-state index is 0.0294. The summed E-state index contributed by atoms with van der Waals surface area (Å²) >= 11 is 12.7. The van der Waals surface area contributed by atoms with E-state index in [4.69, 9.17) is 32.7 Å². The number of hydrogen-bond donors (Lipinski definition) is 0. The predicted molar refractivity (Wildman–Crippen MR) is 147 cm³/mol. The number of esters is 1. The van der Waals surface area contributed by atoms with Crippen molar-refractivity contribution in [3.63, 3.8) is 0 Å². The van der Waals surface area contributed by atoms with Crippen molar-refractivity contribution in [1.29, 1.82) is 5.26 Å². The van der Waals surface area contributed by atoms with Crippen LogP contribution in [0.15, 0.2) is 59.5 Å². The summed E-state index contributed by atoms with van der Waals surface area (Å²) in [7, 11) is 1.51. The molecule has 0 amide bonds. The average molecular weight is 555 g/mol. The number of nitrogens with zero attached hydrogens (tertiary/aromatic N) is 2. The maximum Gasteiger partial charge on any atom is 0.338 e. The molecule has 7 nitrogen and oxygen atoms in total. The second kappa shape index (κ2) is 12.4.